The number of fused-ring (bicyclic) bond motifs is 1. The Morgan fingerprint density at radius 1 is 1.24 bits per heavy atom. The highest BCUT2D eigenvalue weighted by Crippen LogP contribution is 2.37. The van der Waals surface area contributed by atoms with Gasteiger partial charge in [-0.2, -0.15) is 0 Å². The SMILES string of the molecule is Cc1c(NC(=O)NC2CC2)cc(F)c(Oc2ccnc3cc(OCCO)c(C(N)=O)cc23)c1F. The van der Waals surface area contributed by atoms with E-state index in [-0.39, 0.29) is 53.0 Å². The van der Waals surface area contributed by atoms with Gasteiger partial charge >= 0.3 is 6.03 Å². The number of ether oxygens (including phenoxy) is 2. The summed E-state index contributed by atoms with van der Waals surface area (Å²) in [5.41, 5.74) is 5.69. The van der Waals surface area contributed by atoms with Gasteiger partial charge in [0.2, 0.25) is 0 Å². The number of primary amides is 1. The van der Waals surface area contributed by atoms with Crippen molar-refractivity contribution < 1.29 is 33.0 Å². The molecule has 1 aliphatic rings. The molecule has 11 heteroatoms. The molecule has 4 rings (SSSR count). The second-order valence-corrected chi connectivity index (χ2v) is 7.76. The zero-order valence-electron chi connectivity index (χ0n) is 18.2. The van der Waals surface area contributed by atoms with Crippen molar-refractivity contribution in [2.75, 3.05) is 18.5 Å². The average molecular weight is 472 g/mol. The quantitative estimate of drug-likeness (QED) is 0.397. The van der Waals surface area contributed by atoms with Crippen LogP contribution in [0.1, 0.15) is 28.8 Å². The van der Waals surface area contributed by atoms with Crippen LogP contribution in [-0.4, -0.2) is 41.3 Å². The van der Waals surface area contributed by atoms with E-state index in [4.69, 9.17) is 20.3 Å². The van der Waals surface area contributed by atoms with Gasteiger partial charge in [-0.25, -0.2) is 13.6 Å². The molecule has 3 aromatic rings. The molecule has 0 aliphatic heterocycles. The topological polar surface area (TPSA) is 136 Å². The van der Waals surface area contributed by atoms with Gasteiger partial charge < -0.3 is 30.9 Å². The maximum atomic E-state index is 15.1. The van der Waals surface area contributed by atoms with E-state index in [2.05, 4.69) is 15.6 Å². The summed E-state index contributed by atoms with van der Waals surface area (Å²) in [6, 6.07) is 4.65. The zero-order valence-corrected chi connectivity index (χ0v) is 18.2. The van der Waals surface area contributed by atoms with Crippen molar-refractivity contribution in [3.8, 4) is 17.2 Å². The summed E-state index contributed by atoms with van der Waals surface area (Å²) >= 11 is 0. The summed E-state index contributed by atoms with van der Waals surface area (Å²) in [6.07, 6.45) is 3.10. The monoisotopic (exact) mass is 472 g/mol. The van der Waals surface area contributed by atoms with Crippen molar-refractivity contribution in [1.29, 1.82) is 0 Å². The molecule has 3 amide bonds. The van der Waals surface area contributed by atoms with Gasteiger partial charge in [0.25, 0.3) is 5.91 Å². The first kappa shape index (κ1) is 23.2. The van der Waals surface area contributed by atoms with Gasteiger partial charge in [0, 0.05) is 35.3 Å². The number of hydrogen-bond acceptors (Lipinski definition) is 6. The number of nitrogens with two attached hydrogens (primary N) is 1. The molecule has 1 fully saturated rings. The summed E-state index contributed by atoms with van der Waals surface area (Å²) in [6.45, 7) is 1.03. The maximum absolute atomic E-state index is 15.1. The van der Waals surface area contributed by atoms with E-state index in [1.165, 1.54) is 31.3 Å². The predicted molar refractivity (Wildman–Crippen MR) is 119 cm³/mol. The van der Waals surface area contributed by atoms with Crippen LogP contribution in [0.2, 0.25) is 0 Å². The van der Waals surface area contributed by atoms with Crippen molar-refractivity contribution in [1.82, 2.24) is 10.3 Å². The van der Waals surface area contributed by atoms with Crippen LogP contribution in [0.5, 0.6) is 17.2 Å². The normalized spacial score (nSPS) is 12.9. The highest BCUT2D eigenvalue weighted by molar-refractivity contribution is 6.01. The number of anilines is 1. The number of aromatic nitrogens is 1. The molecular weight excluding hydrogens is 450 g/mol. The maximum Gasteiger partial charge on any atom is 0.319 e. The number of benzene rings is 2. The summed E-state index contributed by atoms with van der Waals surface area (Å²) in [4.78, 5) is 28.1. The largest absolute Gasteiger partial charge is 0.490 e. The fourth-order valence-electron chi connectivity index (χ4n) is 3.30. The van der Waals surface area contributed by atoms with Crippen molar-refractivity contribution in [2.45, 2.75) is 25.8 Å². The van der Waals surface area contributed by atoms with Gasteiger partial charge in [-0.15, -0.1) is 0 Å². The van der Waals surface area contributed by atoms with Gasteiger partial charge in [-0.1, -0.05) is 0 Å². The Morgan fingerprint density at radius 3 is 2.68 bits per heavy atom. The number of halogens is 2. The van der Waals surface area contributed by atoms with E-state index in [0.29, 0.717) is 5.52 Å². The fraction of sp³-hybridized carbons (Fsp3) is 0.261. The lowest BCUT2D eigenvalue weighted by Crippen LogP contribution is -2.30. The van der Waals surface area contributed by atoms with Gasteiger partial charge in [-0.05, 0) is 31.9 Å². The van der Waals surface area contributed by atoms with Gasteiger partial charge in [0.15, 0.2) is 17.4 Å². The number of rotatable bonds is 8. The van der Waals surface area contributed by atoms with Gasteiger partial charge in [0.1, 0.15) is 18.1 Å². The number of aliphatic hydroxyl groups excluding tert-OH is 1. The number of nitrogens with zero attached hydrogens (tertiary/aromatic N) is 1. The molecule has 2 aromatic carbocycles. The molecule has 1 heterocycles. The molecule has 34 heavy (non-hydrogen) atoms. The van der Waals surface area contributed by atoms with Crippen LogP contribution in [0.3, 0.4) is 0 Å². The number of amides is 3. The van der Waals surface area contributed by atoms with Crippen LogP contribution in [-0.2, 0) is 0 Å². The fourth-order valence-corrected chi connectivity index (χ4v) is 3.30. The van der Waals surface area contributed by atoms with Crippen molar-refractivity contribution in [3.63, 3.8) is 0 Å². The number of aliphatic hydroxyl groups is 1. The Kier molecular flexibility index (Phi) is 6.46. The van der Waals surface area contributed by atoms with E-state index < -0.39 is 29.3 Å². The molecule has 9 nitrogen and oxygen atoms in total. The van der Waals surface area contributed by atoms with Crippen molar-refractivity contribution in [3.05, 3.63) is 53.2 Å². The molecule has 0 bridgehead atoms. The molecule has 1 aromatic heterocycles. The summed E-state index contributed by atoms with van der Waals surface area (Å²) < 4.78 is 40.8. The first-order valence-corrected chi connectivity index (χ1v) is 10.5. The van der Waals surface area contributed by atoms with Crippen LogP contribution >= 0.6 is 0 Å². The Balaban J connectivity index is 1.69. The third-order valence-electron chi connectivity index (χ3n) is 5.21. The van der Waals surface area contributed by atoms with Crippen LogP contribution in [0.15, 0.2) is 30.5 Å². The number of nitrogens with one attached hydrogen (secondary N) is 2. The van der Waals surface area contributed by atoms with Crippen molar-refractivity contribution in [2.24, 2.45) is 5.73 Å². The predicted octanol–water partition coefficient (Wildman–Crippen LogP) is 3.37. The number of urea groups is 1. The Bertz CT molecular complexity index is 1280. The Hall–Kier alpha value is -3.99. The van der Waals surface area contributed by atoms with Gasteiger partial charge in [0.05, 0.1) is 23.4 Å². The van der Waals surface area contributed by atoms with E-state index >= 15 is 4.39 Å². The minimum Gasteiger partial charge on any atom is -0.490 e. The highest BCUT2D eigenvalue weighted by atomic mass is 19.1. The Morgan fingerprint density at radius 2 is 2.00 bits per heavy atom. The van der Waals surface area contributed by atoms with Gasteiger partial charge in [-0.3, -0.25) is 9.78 Å². The highest BCUT2D eigenvalue weighted by Gasteiger charge is 2.25. The molecule has 0 unspecified atom stereocenters. The molecule has 0 spiro atoms. The first-order valence-electron chi connectivity index (χ1n) is 10.5. The van der Waals surface area contributed by atoms with Crippen molar-refractivity contribution >= 4 is 28.5 Å². The lowest BCUT2D eigenvalue weighted by molar-refractivity contribution is 0.0994. The van der Waals surface area contributed by atoms with E-state index in [1.54, 1.807) is 0 Å². The van der Waals surface area contributed by atoms with Crippen LogP contribution < -0.4 is 25.8 Å². The summed E-state index contributed by atoms with van der Waals surface area (Å²) in [5, 5.41) is 14.4. The third-order valence-corrected chi connectivity index (χ3v) is 5.21. The smallest absolute Gasteiger partial charge is 0.319 e. The molecule has 178 valence electrons. The summed E-state index contributed by atoms with van der Waals surface area (Å²) in [7, 11) is 0. The second-order valence-electron chi connectivity index (χ2n) is 7.76. The molecule has 1 aliphatic carbocycles. The zero-order chi connectivity index (χ0) is 24.4. The molecule has 5 N–H and O–H groups in total. The summed E-state index contributed by atoms with van der Waals surface area (Å²) in [5.74, 6) is -3.40. The lowest BCUT2D eigenvalue weighted by Gasteiger charge is -2.16. The number of pyridine rings is 1. The molecule has 1 saturated carbocycles. The van der Waals surface area contributed by atoms with Crippen LogP contribution in [0.25, 0.3) is 10.9 Å². The standard InChI is InChI=1S/C23H22F2N4O5/c1-11-16(29-23(32)28-12-2-3-12)9-15(24)21(20(11)25)34-18-4-5-27-17-10-19(33-7-6-30)14(22(26)31)8-13(17)18/h4-5,8-10,12,30H,2-3,6-7H2,1H3,(H2,26,31)(H2,28,29,32). The molecule has 0 saturated heterocycles. The average Bonchev–Trinajstić information content (AvgIpc) is 3.61. The Labute approximate surface area is 192 Å². The molecule has 0 radical (unpaired) electrons. The second kappa shape index (κ2) is 9.48. The minimum absolute atomic E-state index is 0.0155. The van der Waals surface area contributed by atoms with Crippen LogP contribution in [0, 0.1) is 18.6 Å². The van der Waals surface area contributed by atoms with E-state index in [0.717, 1.165) is 18.9 Å². The minimum atomic E-state index is -1.03. The van der Waals surface area contributed by atoms with Crippen LogP contribution in [0.4, 0.5) is 19.3 Å². The number of hydrogen-bond donors (Lipinski definition) is 4. The van der Waals surface area contributed by atoms with E-state index in [9.17, 15) is 14.0 Å². The number of carbonyl (C=O) groups is 2. The third kappa shape index (κ3) is 4.84. The first-order chi connectivity index (χ1) is 16.3. The van der Waals surface area contributed by atoms with E-state index in [1.807, 2.05) is 0 Å². The molecule has 0 atom stereocenters. The molecular formula is C23H22F2N4O5. The lowest BCUT2D eigenvalue weighted by atomic mass is 10.1. The number of carbonyl (C=O) groups excluding carboxylic acids is 2.